The molecule has 0 fully saturated rings. The Morgan fingerprint density at radius 2 is 2.00 bits per heavy atom. The molecule has 0 heterocycles. The minimum absolute atomic E-state index is 0.0520. The normalized spacial score (nSPS) is 14.3. The summed E-state index contributed by atoms with van der Waals surface area (Å²) in [5.41, 5.74) is -0.763. The maximum absolute atomic E-state index is 11.5. The van der Waals surface area contributed by atoms with Gasteiger partial charge in [0.1, 0.15) is 6.10 Å². The maximum atomic E-state index is 11.5. The molecule has 0 aromatic heterocycles. The van der Waals surface area contributed by atoms with E-state index in [1.54, 1.807) is 0 Å². The molecule has 128 valence electrons. The van der Waals surface area contributed by atoms with E-state index in [1.807, 2.05) is 0 Å². The average molecular weight is 363 g/mol. The van der Waals surface area contributed by atoms with Crippen LogP contribution in [-0.2, 0) is 14.6 Å². The van der Waals surface area contributed by atoms with Crippen LogP contribution in [0.2, 0.25) is 0 Å². The van der Waals surface area contributed by atoms with Crippen molar-refractivity contribution in [3.05, 3.63) is 33.9 Å². The van der Waals surface area contributed by atoms with Gasteiger partial charge in [0.25, 0.3) is 5.69 Å². The van der Waals surface area contributed by atoms with Crippen LogP contribution in [0.5, 0.6) is 0 Å². The van der Waals surface area contributed by atoms with Gasteiger partial charge in [-0.25, -0.2) is 8.42 Å². The summed E-state index contributed by atoms with van der Waals surface area (Å²) in [5, 5.41) is 30.9. The topological polar surface area (TPSA) is 135 Å². The van der Waals surface area contributed by atoms with E-state index in [1.165, 1.54) is 6.92 Å². The lowest BCUT2D eigenvalue weighted by molar-refractivity contribution is -0.386. The Kier molecular flexibility index (Phi) is 6.69. The first kappa shape index (κ1) is 19.6. The van der Waals surface area contributed by atoms with Crippen LogP contribution >= 0.6 is 11.8 Å². The number of carbonyl (C=O) groups excluding carboxylic acids is 1. The first-order valence-electron chi connectivity index (χ1n) is 6.52. The third kappa shape index (κ3) is 5.57. The molecule has 0 aliphatic heterocycles. The molecule has 8 nitrogen and oxygen atoms in total. The molecule has 10 heteroatoms. The van der Waals surface area contributed by atoms with Gasteiger partial charge >= 0.3 is 0 Å². The molecule has 2 unspecified atom stereocenters. The minimum atomic E-state index is -3.63. The Morgan fingerprint density at radius 3 is 2.48 bits per heavy atom. The SMILES string of the molecule is CC(=O)SCCC(O)C(O)c1ccc(S(C)(=O)=O)cc1[N+](=O)[O-]. The zero-order chi connectivity index (χ0) is 17.8. The standard InChI is InChI=1S/C13H17NO7S2/c1-8(15)22-6-5-12(16)13(17)10-4-3-9(23(2,20)21)7-11(10)14(18)19/h3-4,7,12-13,16-17H,5-6H2,1-2H3. The molecule has 0 amide bonds. The van der Waals surface area contributed by atoms with Gasteiger partial charge in [-0.1, -0.05) is 11.8 Å². The van der Waals surface area contributed by atoms with Crippen LogP contribution in [0, 0.1) is 10.1 Å². The fourth-order valence-electron chi connectivity index (χ4n) is 1.85. The highest BCUT2D eigenvalue weighted by Gasteiger charge is 2.27. The first-order chi connectivity index (χ1) is 10.5. The van der Waals surface area contributed by atoms with Gasteiger partial charge in [-0.05, 0) is 18.6 Å². The summed E-state index contributed by atoms with van der Waals surface area (Å²) in [6.45, 7) is 1.36. The largest absolute Gasteiger partial charge is 0.390 e. The summed E-state index contributed by atoms with van der Waals surface area (Å²) < 4.78 is 22.9. The second-order valence-corrected chi connectivity index (χ2v) is 8.18. The molecular weight excluding hydrogens is 346 g/mol. The summed E-state index contributed by atoms with van der Waals surface area (Å²) in [5.74, 6) is 0.253. The number of aliphatic hydroxyl groups excluding tert-OH is 2. The van der Waals surface area contributed by atoms with E-state index in [9.17, 15) is 33.5 Å². The van der Waals surface area contributed by atoms with Crippen molar-refractivity contribution in [3.8, 4) is 0 Å². The van der Waals surface area contributed by atoms with Crippen LogP contribution in [0.15, 0.2) is 23.1 Å². The second-order valence-electron chi connectivity index (χ2n) is 4.89. The smallest absolute Gasteiger partial charge is 0.276 e. The molecular formula is C13H17NO7S2. The van der Waals surface area contributed by atoms with E-state index < -0.39 is 32.7 Å². The third-order valence-corrected chi connectivity index (χ3v) is 4.99. The van der Waals surface area contributed by atoms with Gasteiger partial charge in [-0.3, -0.25) is 14.9 Å². The highest BCUT2D eigenvalue weighted by Crippen LogP contribution is 2.31. The van der Waals surface area contributed by atoms with Crippen LogP contribution in [-0.4, -0.2) is 46.8 Å². The molecule has 0 radical (unpaired) electrons. The predicted octanol–water partition coefficient (Wildman–Crippen LogP) is 1.06. The van der Waals surface area contributed by atoms with E-state index >= 15 is 0 Å². The molecule has 1 aromatic carbocycles. The fourth-order valence-corrected chi connectivity index (χ4v) is 3.14. The Hall–Kier alpha value is -1.49. The third-order valence-electron chi connectivity index (χ3n) is 3.03. The highest BCUT2D eigenvalue weighted by atomic mass is 32.2. The first-order valence-corrected chi connectivity index (χ1v) is 9.39. The Morgan fingerprint density at radius 1 is 1.39 bits per heavy atom. The number of benzene rings is 1. The fraction of sp³-hybridized carbons (Fsp3) is 0.462. The summed E-state index contributed by atoms with van der Waals surface area (Å²) in [6, 6.07) is 3.10. The lowest BCUT2D eigenvalue weighted by Gasteiger charge is -2.18. The number of sulfone groups is 1. The van der Waals surface area contributed by atoms with Gasteiger partial charge in [-0.2, -0.15) is 0 Å². The molecule has 0 saturated carbocycles. The van der Waals surface area contributed by atoms with Gasteiger partial charge in [0, 0.05) is 25.0 Å². The Balaban J connectivity index is 3.06. The predicted molar refractivity (Wildman–Crippen MR) is 84.9 cm³/mol. The summed E-state index contributed by atoms with van der Waals surface area (Å²) in [7, 11) is -3.63. The number of nitrogens with zero attached hydrogens (tertiary/aromatic N) is 1. The number of aliphatic hydroxyl groups is 2. The van der Waals surface area contributed by atoms with Gasteiger partial charge in [0.2, 0.25) is 0 Å². The van der Waals surface area contributed by atoms with Crippen LogP contribution in [0.4, 0.5) is 5.69 Å². The zero-order valence-electron chi connectivity index (χ0n) is 12.5. The van der Waals surface area contributed by atoms with Gasteiger partial charge in [0.05, 0.1) is 21.5 Å². The molecule has 2 atom stereocenters. The maximum Gasteiger partial charge on any atom is 0.276 e. The lowest BCUT2D eigenvalue weighted by atomic mass is 10.0. The van der Waals surface area contributed by atoms with Crippen LogP contribution < -0.4 is 0 Å². The van der Waals surface area contributed by atoms with E-state index in [-0.39, 0.29) is 27.7 Å². The van der Waals surface area contributed by atoms with Gasteiger partial charge < -0.3 is 10.2 Å². The lowest BCUT2D eigenvalue weighted by Crippen LogP contribution is -2.20. The zero-order valence-corrected chi connectivity index (χ0v) is 14.1. The van der Waals surface area contributed by atoms with E-state index in [0.29, 0.717) is 0 Å². The molecule has 0 saturated heterocycles. The highest BCUT2D eigenvalue weighted by molar-refractivity contribution is 8.13. The van der Waals surface area contributed by atoms with E-state index in [4.69, 9.17) is 0 Å². The molecule has 0 spiro atoms. The molecule has 1 rings (SSSR count). The van der Waals surface area contributed by atoms with Crippen molar-refractivity contribution in [2.75, 3.05) is 12.0 Å². The van der Waals surface area contributed by atoms with Crippen molar-refractivity contribution in [2.45, 2.75) is 30.4 Å². The average Bonchev–Trinajstić information content (AvgIpc) is 2.44. The number of rotatable bonds is 7. The minimum Gasteiger partial charge on any atom is -0.390 e. The van der Waals surface area contributed by atoms with Gasteiger partial charge in [0.15, 0.2) is 15.0 Å². The number of hydrogen-bond acceptors (Lipinski definition) is 8. The number of thioether (sulfide) groups is 1. The Bertz CT molecular complexity index is 702. The molecule has 0 bridgehead atoms. The quantitative estimate of drug-likeness (QED) is 0.542. The van der Waals surface area contributed by atoms with Crippen molar-refractivity contribution in [3.63, 3.8) is 0 Å². The Labute approximate surface area is 137 Å². The summed E-state index contributed by atoms with van der Waals surface area (Å²) >= 11 is 0.965. The van der Waals surface area contributed by atoms with Gasteiger partial charge in [-0.15, -0.1) is 0 Å². The summed E-state index contributed by atoms with van der Waals surface area (Å²) in [4.78, 5) is 20.8. The number of nitro groups is 1. The second kappa shape index (κ2) is 7.86. The van der Waals surface area contributed by atoms with Crippen molar-refractivity contribution >= 4 is 32.4 Å². The monoisotopic (exact) mass is 363 g/mol. The summed E-state index contributed by atoms with van der Waals surface area (Å²) in [6.07, 6.45) is -1.91. The molecule has 23 heavy (non-hydrogen) atoms. The van der Waals surface area contributed by atoms with E-state index in [0.717, 1.165) is 36.2 Å². The molecule has 2 N–H and O–H groups in total. The molecule has 0 aliphatic rings. The number of carbonyl (C=O) groups is 1. The molecule has 1 aromatic rings. The molecule has 0 aliphatic carbocycles. The van der Waals surface area contributed by atoms with Crippen molar-refractivity contribution < 1.29 is 28.3 Å². The van der Waals surface area contributed by atoms with E-state index in [2.05, 4.69) is 0 Å². The number of nitro benzene ring substituents is 1. The van der Waals surface area contributed by atoms with Crippen LogP contribution in [0.3, 0.4) is 0 Å². The van der Waals surface area contributed by atoms with Crippen LogP contribution in [0.1, 0.15) is 25.0 Å². The van der Waals surface area contributed by atoms with Crippen molar-refractivity contribution in [1.82, 2.24) is 0 Å². The number of hydrogen-bond donors (Lipinski definition) is 2. The van der Waals surface area contributed by atoms with Crippen molar-refractivity contribution in [1.29, 1.82) is 0 Å². The van der Waals surface area contributed by atoms with Crippen molar-refractivity contribution in [2.24, 2.45) is 0 Å². The van der Waals surface area contributed by atoms with Crippen LogP contribution in [0.25, 0.3) is 0 Å².